The summed E-state index contributed by atoms with van der Waals surface area (Å²) in [6.07, 6.45) is -1.11. The normalized spacial score (nSPS) is 14.2. The van der Waals surface area contributed by atoms with Crippen molar-refractivity contribution in [1.82, 2.24) is 0 Å². The van der Waals surface area contributed by atoms with Crippen LogP contribution in [-0.4, -0.2) is 24.9 Å². The van der Waals surface area contributed by atoms with Gasteiger partial charge in [0.1, 0.15) is 11.7 Å². The van der Waals surface area contributed by atoms with E-state index in [-0.39, 0.29) is 17.2 Å². The molecule has 0 spiro atoms. The highest BCUT2D eigenvalue weighted by molar-refractivity contribution is 6.31. The summed E-state index contributed by atoms with van der Waals surface area (Å²) >= 11 is 5.80. The lowest BCUT2D eigenvalue weighted by atomic mass is 9.94. The smallest absolute Gasteiger partial charge is 0.129 e. The molecule has 2 atom stereocenters. The van der Waals surface area contributed by atoms with Crippen molar-refractivity contribution in [1.29, 1.82) is 5.26 Å². The van der Waals surface area contributed by atoms with Gasteiger partial charge in [0.25, 0.3) is 0 Å². The Labute approximate surface area is 98.0 Å². The van der Waals surface area contributed by atoms with Crippen molar-refractivity contribution in [2.75, 3.05) is 13.7 Å². The van der Waals surface area contributed by atoms with Gasteiger partial charge in [-0.25, -0.2) is 4.39 Å². The summed E-state index contributed by atoms with van der Waals surface area (Å²) in [7, 11) is 1.39. The zero-order chi connectivity index (χ0) is 12.1. The topological polar surface area (TPSA) is 53.2 Å². The molecule has 0 fully saturated rings. The maximum absolute atomic E-state index is 13.5. The van der Waals surface area contributed by atoms with Crippen LogP contribution in [0.4, 0.5) is 4.39 Å². The van der Waals surface area contributed by atoms with E-state index in [9.17, 15) is 9.50 Å². The van der Waals surface area contributed by atoms with Gasteiger partial charge >= 0.3 is 0 Å². The highest BCUT2D eigenvalue weighted by Gasteiger charge is 2.26. The Hall–Kier alpha value is -1.15. The Morgan fingerprint density at radius 2 is 2.31 bits per heavy atom. The van der Waals surface area contributed by atoms with Crippen molar-refractivity contribution in [3.63, 3.8) is 0 Å². The molecule has 0 aliphatic heterocycles. The molecule has 0 saturated carbocycles. The Bertz CT molecular complexity index is 385. The average molecular weight is 244 g/mol. The molecular formula is C11H11ClFNO2. The van der Waals surface area contributed by atoms with Crippen LogP contribution in [0, 0.1) is 17.1 Å². The summed E-state index contributed by atoms with van der Waals surface area (Å²) in [6.45, 7) is -0.0527. The van der Waals surface area contributed by atoms with Gasteiger partial charge in [0, 0.05) is 17.7 Å². The number of hydrogen-bond acceptors (Lipinski definition) is 3. The lowest BCUT2D eigenvalue weighted by molar-refractivity contribution is 0.0565. The Morgan fingerprint density at radius 3 is 2.81 bits per heavy atom. The van der Waals surface area contributed by atoms with Gasteiger partial charge in [0.2, 0.25) is 0 Å². The Morgan fingerprint density at radius 1 is 1.62 bits per heavy atom. The van der Waals surface area contributed by atoms with Gasteiger partial charge in [-0.3, -0.25) is 0 Å². The van der Waals surface area contributed by atoms with Gasteiger partial charge in [-0.05, 0) is 12.1 Å². The van der Waals surface area contributed by atoms with Crippen molar-refractivity contribution in [2.24, 2.45) is 0 Å². The van der Waals surface area contributed by atoms with E-state index < -0.39 is 17.8 Å². The summed E-state index contributed by atoms with van der Waals surface area (Å²) in [6, 6.07) is 5.95. The largest absolute Gasteiger partial charge is 0.389 e. The Balaban J connectivity index is 3.09. The minimum absolute atomic E-state index is 0.0104. The van der Waals surface area contributed by atoms with Crippen LogP contribution in [0.3, 0.4) is 0 Å². The van der Waals surface area contributed by atoms with Crippen LogP contribution in [0.5, 0.6) is 0 Å². The van der Waals surface area contributed by atoms with E-state index in [2.05, 4.69) is 0 Å². The van der Waals surface area contributed by atoms with E-state index in [0.717, 1.165) is 0 Å². The molecule has 0 heterocycles. The summed E-state index contributed by atoms with van der Waals surface area (Å²) < 4.78 is 18.2. The van der Waals surface area contributed by atoms with Crippen molar-refractivity contribution >= 4 is 11.6 Å². The van der Waals surface area contributed by atoms with Crippen LogP contribution in [0.15, 0.2) is 18.2 Å². The molecule has 1 aromatic carbocycles. The average Bonchev–Trinajstić information content (AvgIpc) is 2.24. The fraction of sp³-hybridized carbons (Fsp3) is 0.364. The second kappa shape index (κ2) is 5.80. The maximum Gasteiger partial charge on any atom is 0.129 e. The summed E-state index contributed by atoms with van der Waals surface area (Å²) in [5, 5.41) is 18.7. The van der Waals surface area contributed by atoms with Gasteiger partial charge in [0.05, 0.1) is 18.8 Å². The zero-order valence-electron chi connectivity index (χ0n) is 8.65. The molecule has 0 saturated heterocycles. The third-order valence-electron chi connectivity index (χ3n) is 2.17. The molecule has 1 N–H and O–H groups in total. The third kappa shape index (κ3) is 2.70. The number of aliphatic hydroxyl groups excluding tert-OH is 1. The van der Waals surface area contributed by atoms with E-state index in [0.29, 0.717) is 0 Å². The number of nitrogens with zero attached hydrogens (tertiary/aromatic N) is 1. The third-order valence-corrected chi connectivity index (χ3v) is 2.50. The fourth-order valence-electron chi connectivity index (χ4n) is 1.42. The van der Waals surface area contributed by atoms with Crippen LogP contribution in [0.1, 0.15) is 11.5 Å². The van der Waals surface area contributed by atoms with Crippen LogP contribution in [-0.2, 0) is 4.74 Å². The minimum Gasteiger partial charge on any atom is -0.389 e. The van der Waals surface area contributed by atoms with E-state index in [4.69, 9.17) is 21.6 Å². The molecule has 2 unspecified atom stereocenters. The number of rotatable bonds is 4. The molecule has 3 nitrogen and oxygen atoms in total. The molecule has 0 aromatic heterocycles. The van der Waals surface area contributed by atoms with Gasteiger partial charge in [0.15, 0.2) is 0 Å². The molecule has 0 aliphatic carbocycles. The van der Waals surface area contributed by atoms with Gasteiger partial charge < -0.3 is 9.84 Å². The molecule has 0 bridgehead atoms. The number of nitriles is 1. The molecule has 0 radical (unpaired) electrons. The molecule has 86 valence electrons. The van der Waals surface area contributed by atoms with E-state index in [1.165, 1.54) is 25.3 Å². The predicted octanol–water partition coefficient (Wildman–Crippen LogP) is 2.09. The van der Waals surface area contributed by atoms with Gasteiger partial charge in [-0.1, -0.05) is 17.7 Å². The van der Waals surface area contributed by atoms with Crippen molar-refractivity contribution in [3.05, 3.63) is 34.6 Å². The first kappa shape index (κ1) is 12.9. The summed E-state index contributed by atoms with van der Waals surface area (Å²) in [5.41, 5.74) is 0.0104. The molecule has 1 aromatic rings. The molecular weight excluding hydrogens is 233 g/mol. The molecule has 5 heteroatoms. The number of hydrogen-bond donors (Lipinski definition) is 1. The number of methoxy groups -OCH3 is 1. The molecule has 16 heavy (non-hydrogen) atoms. The minimum atomic E-state index is -1.11. The summed E-state index contributed by atoms with van der Waals surface area (Å²) in [5.74, 6) is -1.64. The number of aliphatic hydroxyl groups is 1. The van der Waals surface area contributed by atoms with Gasteiger partial charge in [-0.15, -0.1) is 0 Å². The van der Waals surface area contributed by atoms with Crippen LogP contribution in [0.25, 0.3) is 0 Å². The highest BCUT2D eigenvalue weighted by Crippen LogP contribution is 2.29. The summed E-state index contributed by atoms with van der Waals surface area (Å²) in [4.78, 5) is 0. The predicted molar refractivity (Wildman–Crippen MR) is 57.6 cm³/mol. The van der Waals surface area contributed by atoms with Gasteiger partial charge in [-0.2, -0.15) is 5.26 Å². The fourth-order valence-corrected chi connectivity index (χ4v) is 1.70. The van der Waals surface area contributed by atoms with Crippen LogP contribution >= 0.6 is 11.6 Å². The van der Waals surface area contributed by atoms with E-state index >= 15 is 0 Å². The molecule has 0 amide bonds. The first-order valence-corrected chi connectivity index (χ1v) is 5.00. The quantitative estimate of drug-likeness (QED) is 0.881. The maximum atomic E-state index is 13.5. The zero-order valence-corrected chi connectivity index (χ0v) is 9.41. The number of benzene rings is 1. The lowest BCUT2D eigenvalue weighted by Crippen LogP contribution is -2.23. The molecule has 0 aliphatic rings. The van der Waals surface area contributed by atoms with E-state index in [1.807, 2.05) is 6.07 Å². The monoisotopic (exact) mass is 243 g/mol. The number of halogens is 2. The lowest BCUT2D eigenvalue weighted by Gasteiger charge is -2.17. The van der Waals surface area contributed by atoms with Crippen molar-refractivity contribution in [3.8, 4) is 6.07 Å². The number of ether oxygens (including phenoxy) is 1. The SMILES string of the molecule is COCC(O)C(C#N)c1c(F)cccc1Cl. The van der Waals surface area contributed by atoms with E-state index in [1.54, 1.807) is 0 Å². The van der Waals surface area contributed by atoms with Crippen LogP contribution in [0.2, 0.25) is 5.02 Å². The molecule has 1 rings (SSSR count). The second-order valence-corrected chi connectivity index (χ2v) is 3.67. The van der Waals surface area contributed by atoms with Crippen LogP contribution < -0.4 is 0 Å². The second-order valence-electron chi connectivity index (χ2n) is 3.26. The Kier molecular flexibility index (Phi) is 4.69. The van der Waals surface area contributed by atoms with Crippen molar-refractivity contribution < 1.29 is 14.2 Å². The van der Waals surface area contributed by atoms with Crippen molar-refractivity contribution in [2.45, 2.75) is 12.0 Å². The highest BCUT2D eigenvalue weighted by atomic mass is 35.5. The first-order valence-electron chi connectivity index (χ1n) is 4.62. The first-order chi connectivity index (χ1) is 7.61. The standard InChI is InChI=1S/C11H11ClFNO2/c1-16-6-10(15)7(5-14)11-8(12)3-2-4-9(11)13/h2-4,7,10,15H,6H2,1H3.